The SMILES string of the molecule is [C-]#[N+]/C(C#N)=C1/C/C(=C(\C#N)[N+]#[C-])c2cc(F)c(C)cc21. The van der Waals surface area contributed by atoms with Crippen molar-refractivity contribution in [1.82, 2.24) is 0 Å². The van der Waals surface area contributed by atoms with E-state index >= 15 is 0 Å². The fourth-order valence-corrected chi connectivity index (χ4v) is 2.29. The lowest BCUT2D eigenvalue weighted by Crippen LogP contribution is -1.90. The Labute approximate surface area is 121 Å². The molecule has 0 atom stereocenters. The zero-order valence-corrected chi connectivity index (χ0v) is 11.0. The van der Waals surface area contributed by atoms with Gasteiger partial charge in [-0.3, -0.25) is 0 Å². The fraction of sp³-hybridized carbons (Fsp3) is 0.125. The van der Waals surface area contributed by atoms with E-state index in [1.54, 1.807) is 19.1 Å². The molecule has 0 saturated heterocycles. The summed E-state index contributed by atoms with van der Waals surface area (Å²) >= 11 is 0. The molecule has 0 amide bonds. The zero-order valence-electron chi connectivity index (χ0n) is 11.0. The van der Waals surface area contributed by atoms with E-state index in [4.69, 9.17) is 23.7 Å². The summed E-state index contributed by atoms with van der Waals surface area (Å²) in [5, 5.41) is 18.1. The molecule has 0 saturated carbocycles. The van der Waals surface area contributed by atoms with Crippen LogP contribution < -0.4 is 0 Å². The molecule has 0 heterocycles. The summed E-state index contributed by atoms with van der Waals surface area (Å²) in [6, 6.07) is 6.41. The molecule has 1 aliphatic rings. The molecule has 98 valence electrons. The van der Waals surface area contributed by atoms with E-state index in [-0.39, 0.29) is 17.8 Å². The number of nitrogens with zero attached hydrogens (tertiary/aromatic N) is 4. The molecule has 0 radical (unpaired) electrons. The van der Waals surface area contributed by atoms with Crippen LogP contribution >= 0.6 is 0 Å². The number of fused-ring (bicyclic) bond motifs is 1. The van der Waals surface area contributed by atoms with Gasteiger partial charge in [-0.2, -0.15) is 0 Å². The molecule has 0 N–H and O–H groups in total. The summed E-state index contributed by atoms with van der Waals surface area (Å²) < 4.78 is 13.8. The molecule has 21 heavy (non-hydrogen) atoms. The van der Waals surface area contributed by atoms with Crippen LogP contribution in [0.2, 0.25) is 0 Å². The van der Waals surface area contributed by atoms with Crippen molar-refractivity contribution in [3.63, 3.8) is 0 Å². The second-order valence-corrected chi connectivity index (χ2v) is 4.43. The summed E-state index contributed by atoms with van der Waals surface area (Å²) in [4.78, 5) is 6.32. The van der Waals surface area contributed by atoms with Crippen LogP contribution in [0.25, 0.3) is 20.8 Å². The van der Waals surface area contributed by atoms with Crippen LogP contribution in [0.5, 0.6) is 0 Å². The first kappa shape index (κ1) is 14.0. The predicted octanol–water partition coefficient (Wildman–Crippen LogP) is 3.85. The fourth-order valence-electron chi connectivity index (χ4n) is 2.29. The molecule has 1 aromatic rings. The first-order valence-electron chi connectivity index (χ1n) is 5.89. The second kappa shape index (κ2) is 5.30. The van der Waals surface area contributed by atoms with E-state index in [9.17, 15) is 4.39 Å². The van der Waals surface area contributed by atoms with Gasteiger partial charge in [0, 0.05) is 0 Å². The quantitative estimate of drug-likeness (QED) is 0.533. The van der Waals surface area contributed by atoms with Crippen LogP contribution in [0, 0.1) is 48.5 Å². The molecule has 2 rings (SSSR count). The molecule has 0 aliphatic heterocycles. The highest BCUT2D eigenvalue weighted by molar-refractivity contribution is 5.97. The van der Waals surface area contributed by atoms with E-state index in [0.717, 1.165) is 0 Å². The first-order chi connectivity index (χ1) is 10.1. The molecule has 0 aromatic heterocycles. The second-order valence-electron chi connectivity index (χ2n) is 4.43. The molecular weight excluding hydrogens is 267 g/mol. The van der Waals surface area contributed by atoms with Gasteiger partial charge < -0.3 is 0 Å². The van der Waals surface area contributed by atoms with Crippen LogP contribution in [0.3, 0.4) is 0 Å². The van der Waals surface area contributed by atoms with Gasteiger partial charge in [0.15, 0.2) is 0 Å². The molecule has 0 unspecified atom stereocenters. The van der Waals surface area contributed by atoms with E-state index in [0.29, 0.717) is 27.8 Å². The molecule has 5 heteroatoms. The summed E-state index contributed by atoms with van der Waals surface area (Å²) in [6.07, 6.45) is 0.120. The molecule has 0 fully saturated rings. The van der Waals surface area contributed by atoms with Gasteiger partial charge in [0.2, 0.25) is 0 Å². The number of aryl methyl sites for hydroxylation is 1. The van der Waals surface area contributed by atoms with Crippen molar-refractivity contribution in [2.45, 2.75) is 13.3 Å². The van der Waals surface area contributed by atoms with Crippen molar-refractivity contribution >= 4 is 11.1 Å². The van der Waals surface area contributed by atoms with Crippen molar-refractivity contribution in [2.75, 3.05) is 0 Å². The molecular formula is C16H7FN4. The van der Waals surface area contributed by atoms with Crippen molar-refractivity contribution in [2.24, 2.45) is 0 Å². The van der Waals surface area contributed by atoms with Crippen molar-refractivity contribution in [3.05, 3.63) is 68.9 Å². The highest BCUT2D eigenvalue weighted by Gasteiger charge is 2.27. The first-order valence-corrected chi connectivity index (χ1v) is 5.89. The maximum absolute atomic E-state index is 13.8. The van der Waals surface area contributed by atoms with Gasteiger partial charge in [0.25, 0.3) is 11.4 Å². The number of halogens is 1. The van der Waals surface area contributed by atoms with E-state index in [1.807, 2.05) is 6.07 Å². The highest BCUT2D eigenvalue weighted by Crippen LogP contribution is 2.44. The number of nitriles is 2. The Morgan fingerprint density at radius 3 is 2.00 bits per heavy atom. The number of hydrogen-bond acceptors (Lipinski definition) is 2. The molecule has 1 aliphatic carbocycles. The lowest BCUT2D eigenvalue weighted by atomic mass is 10.0. The van der Waals surface area contributed by atoms with Crippen LogP contribution in [-0.2, 0) is 0 Å². The van der Waals surface area contributed by atoms with Gasteiger partial charge in [-0.05, 0) is 53.3 Å². The largest absolute Gasteiger partial charge is 0.265 e. The number of hydrogen-bond donors (Lipinski definition) is 0. The van der Waals surface area contributed by atoms with Crippen LogP contribution in [0.15, 0.2) is 23.5 Å². The smallest absolute Gasteiger partial charge is 0.226 e. The van der Waals surface area contributed by atoms with Gasteiger partial charge in [-0.25, -0.2) is 24.6 Å². The molecule has 1 aromatic carbocycles. The molecule has 0 bridgehead atoms. The topological polar surface area (TPSA) is 56.3 Å². The Morgan fingerprint density at radius 1 is 1.10 bits per heavy atom. The monoisotopic (exact) mass is 274 g/mol. The lowest BCUT2D eigenvalue weighted by molar-refractivity contribution is 0.618. The van der Waals surface area contributed by atoms with Crippen molar-refractivity contribution in [1.29, 1.82) is 10.5 Å². The van der Waals surface area contributed by atoms with Gasteiger partial charge >= 0.3 is 0 Å². The van der Waals surface area contributed by atoms with Crippen LogP contribution in [-0.4, -0.2) is 0 Å². The average Bonchev–Trinajstić information content (AvgIpc) is 2.82. The van der Waals surface area contributed by atoms with Gasteiger partial charge in [-0.15, -0.1) is 0 Å². The maximum atomic E-state index is 13.8. The van der Waals surface area contributed by atoms with Gasteiger partial charge in [0.1, 0.15) is 5.82 Å². The third-order valence-electron chi connectivity index (χ3n) is 3.31. The summed E-state index contributed by atoms with van der Waals surface area (Å²) in [7, 11) is 0. The normalized spacial score (nSPS) is 16.9. The summed E-state index contributed by atoms with van der Waals surface area (Å²) in [6.45, 7) is 15.7. The summed E-state index contributed by atoms with van der Waals surface area (Å²) in [5.74, 6) is -0.448. The Kier molecular flexibility index (Phi) is 3.53. The molecule has 4 nitrogen and oxygen atoms in total. The summed E-state index contributed by atoms with van der Waals surface area (Å²) in [5.41, 5.74) is 1.92. The number of allylic oxidation sites excluding steroid dienone is 4. The van der Waals surface area contributed by atoms with Crippen LogP contribution in [0.1, 0.15) is 23.1 Å². The van der Waals surface area contributed by atoms with Gasteiger partial charge in [0.05, 0.1) is 25.3 Å². The lowest BCUT2D eigenvalue weighted by Gasteiger charge is -2.05. The van der Waals surface area contributed by atoms with E-state index < -0.39 is 5.82 Å². The number of benzene rings is 1. The Morgan fingerprint density at radius 2 is 1.57 bits per heavy atom. The minimum atomic E-state index is -0.448. The Hall–Kier alpha value is -3.41. The van der Waals surface area contributed by atoms with Crippen molar-refractivity contribution in [3.8, 4) is 12.1 Å². The van der Waals surface area contributed by atoms with Gasteiger partial charge in [-0.1, -0.05) is 0 Å². The standard InChI is InChI=1S/C16H7FN4/c1-9-4-10-11(6-14(9)17)13(16(8-19)21-3)5-12(10)15(7-18)20-2/h4,6H,5H2,1H3/b15-12-,16-13-. The average molecular weight is 274 g/mol. The minimum Gasteiger partial charge on any atom is -0.226 e. The number of rotatable bonds is 0. The van der Waals surface area contributed by atoms with E-state index in [2.05, 4.69) is 9.69 Å². The minimum absolute atomic E-state index is 0.0977. The third kappa shape index (κ3) is 2.14. The third-order valence-corrected chi connectivity index (χ3v) is 3.31. The highest BCUT2D eigenvalue weighted by atomic mass is 19.1. The van der Waals surface area contributed by atoms with E-state index in [1.165, 1.54) is 6.07 Å². The molecule has 0 spiro atoms. The Balaban J connectivity index is 2.91. The maximum Gasteiger partial charge on any atom is 0.265 e. The predicted molar refractivity (Wildman–Crippen MR) is 74.0 cm³/mol. The van der Waals surface area contributed by atoms with Crippen LogP contribution in [0.4, 0.5) is 4.39 Å². The Bertz CT molecular complexity index is 772. The van der Waals surface area contributed by atoms with Crippen molar-refractivity contribution < 1.29 is 4.39 Å². The zero-order chi connectivity index (χ0) is 15.6.